The van der Waals surface area contributed by atoms with E-state index in [1.807, 2.05) is 28.8 Å². The largest absolute Gasteiger partial charge is 0.297 e. The Kier molecular flexibility index (Phi) is 2.88. The molecule has 0 aliphatic carbocycles. The molecule has 0 unspecified atom stereocenters. The molecule has 3 rings (SSSR count). The predicted molar refractivity (Wildman–Crippen MR) is 78.1 cm³/mol. The lowest BCUT2D eigenvalue weighted by molar-refractivity contribution is 1.16. The van der Waals surface area contributed by atoms with Gasteiger partial charge in [-0.15, -0.1) is 0 Å². The van der Waals surface area contributed by atoms with Gasteiger partial charge in [0.05, 0.1) is 10.5 Å². The highest BCUT2D eigenvalue weighted by molar-refractivity contribution is 9.10. The van der Waals surface area contributed by atoms with Crippen molar-refractivity contribution in [1.29, 1.82) is 0 Å². The number of fused-ring (bicyclic) bond motifs is 1. The first-order chi connectivity index (χ1) is 8.65. The van der Waals surface area contributed by atoms with Gasteiger partial charge < -0.3 is 0 Å². The molecule has 0 aliphatic rings. The number of imidazole rings is 1. The zero-order chi connectivity index (χ0) is 12.7. The van der Waals surface area contributed by atoms with Crippen LogP contribution in [0.2, 0.25) is 5.02 Å². The van der Waals surface area contributed by atoms with Gasteiger partial charge in [-0.2, -0.15) is 0 Å². The monoisotopic (exact) mass is 320 g/mol. The molecule has 0 bridgehead atoms. The summed E-state index contributed by atoms with van der Waals surface area (Å²) in [5.41, 5.74) is 3.30. The van der Waals surface area contributed by atoms with E-state index in [2.05, 4.69) is 46.0 Å². The van der Waals surface area contributed by atoms with Crippen LogP contribution in [0.15, 0.2) is 47.2 Å². The summed E-state index contributed by atoms with van der Waals surface area (Å²) >= 11 is 9.54. The number of halogens is 2. The topological polar surface area (TPSA) is 17.3 Å². The quantitative estimate of drug-likeness (QED) is 0.633. The lowest BCUT2D eigenvalue weighted by Gasteiger charge is -2.02. The second-order valence-corrected chi connectivity index (χ2v) is 5.39. The van der Waals surface area contributed by atoms with Gasteiger partial charge in [0, 0.05) is 11.8 Å². The maximum atomic E-state index is 6.05. The summed E-state index contributed by atoms with van der Waals surface area (Å²) in [6.45, 7) is 2.07. The predicted octanol–water partition coefficient (Wildman–Crippen LogP) is 4.73. The maximum Gasteiger partial charge on any atom is 0.145 e. The van der Waals surface area contributed by atoms with Gasteiger partial charge in [-0.1, -0.05) is 35.4 Å². The molecule has 4 heteroatoms. The number of hydrogen-bond acceptors (Lipinski definition) is 1. The summed E-state index contributed by atoms with van der Waals surface area (Å²) in [5, 5.41) is 0.696. The van der Waals surface area contributed by atoms with Gasteiger partial charge in [0.15, 0.2) is 0 Å². The van der Waals surface area contributed by atoms with Gasteiger partial charge in [-0.3, -0.25) is 4.40 Å². The number of aryl methyl sites for hydroxylation is 1. The van der Waals surface area contributed by atoms with Crippen molar-refractivity contribution < 1.29 is 0 Å². The van der Waals surface area contributed by atoms with Crippen molar-refractivity contribution in [2.24, 2.45) is 0 Å². The molecule has 2 nitrogen and oxygen atoms in total. The van der Waals surface area contributed by atoms with Crippen molar-refractivity contribution in [3.05, 3.63) is 57.8 Å². The highest BCUT2D eigenvalue weighted by Crippen LogP contribution is 2.27. The summed E-state index contributed by atoms with van der Waals surface area (Å²) in [4.78, 5) is 4.56. The molecule has 0 fully saturated rings. The van der Waals surface area contributed by atoms with Crippen LogP contribution in [-0.2, 0) is 0 Å². The number of benzene rings is 1. The van der Waals surface area contributed by atoms with Crippen molar-refractivity contribution in [1.82, 2.24) is 9.38 Å². The Labute approximate surface area is 118 Å². The zero-order valence-electron chi connectivity index (χ0n) is 9.69. The summed E-state index contributed by atoms with van der Waals surface area (Å²) in [5.74, 6) is 0.892. The maximum absolute atomic E-state index is 6.05. The third kappa shape index (κ3) is 1.93. The first-order valence-corrected chi connectivity index (χ1v) is 6.72. The van der Waals surface area contributed by atoms with Crippen LogP contribution in [0.5, 0.6) is 0 Å². The molecule has 1 aromatic carbocycles. The number of pyridine rings is 1. The van der Waals surface area contributed by atoms with Gasteiger partial charge in [-0.25, -0.2) is 4.98 Å². The molecule has 0 atom stereocenters. The van der Waals surface area contributed by atoms with Crippen LogP contribution in [0.1, 0.15) is 5.56 Å². The molecule has 0 N–H and O–H groups in total. The van der Waals surface area contributed by atoms with Crippen LogP contribution >= 0.6 is 27.5 Å². The Morgan fingerprint density at radius 3 is 2.83 bits per heavy atom. The van der Waals surface area contributed by atoms with Crippen LogP contribution in [0.3, 0.4) is 0 Å². The van der Waals surface area contributed by atoms with Crippen LogP contribution in [0.25, 0.3) is 16.9 Å². The lowest BCUT2D eigenvalue weighted by atomic mass is 10.1. The van der Waals surface area contributed by atoms with E-state index >= 15 is 0 Å². The van der Waals surface area contributed by atoms with E-state index in [0.29, 0.717) is 5.02 Å². The lowest BCUT2D eigenvalue weighted by Crippen LogP contribution is -1.89. The smallest absolute Gasteiger partial charge is 0.145 e. The Hall–Kier alpha value is -1.32. The molecule has 0 amide bonds. The normalized spacial score (nSPS) is 11.1. The Morgan fingerprint density at radius 2 is 2.06 bits per heavy atom. The molecule has 0 saturated carbocycles. The average Bonchev–Trinajstić information content (AvgIpc) is 2.66. The molecule has 2 aromatic heterocycles. The first kappa shape index (κ1) is 11.8. The van der Waals surface area contributed by atoms with Crippen LogP contribution in [0, 0.1) is 6.92 Å². The van der Waals surface area contributed by atoms with Crippen LogP contribution in [-0.4, -0.2) is 9.38 Å². The molecule has 0 spiro atoms. The summed E-state index contributed by atoms with van der Waals surface area (Å²) in [6, 6.07) is 12.1. The molecule has 0 saturated heterocycles. The molecule has 90 valence electrons. The zero-order valence-corrected chi connectivity index (χ0v) is 12.0. The second-order valence-electron chi connectivity index (χ2n) is 4.20. The average molecular weight is 322 g/mol. The van der Waals surface area contributed by atoms with Crippen molar-refractivity contribution in [2.45, 2.75) is 6.92 Å². The van der Waals surface area contributed by atoms with Gasteiger partial charge >= 0.3 is 0 Å². The number of nitrogens with zero attached hydrogens (tertiary/aromatic N) is 2. The first-order valence-electron chi connectivity index (χ1n) is 5.55. The van der Waals surface area contributed by atoms with E-state index in [9.17, 15) is 0 Å². The fourth-order valence-electron chi connectivity index (χ4n) is 2.01. The SMILES string of the molecule is Cc1cccc(-c2nc(Br)c3ccc(Cl)cn23)c1. The van der Waals surface area contributed by atoms with Crippen LogP contribution in [0.4, 0.5) is 0 Å². The fourth-order valence-corrected chi connectivity index (χ4v) is 2.66. The summed E-state index contributed by atoms with van der Waals surface area (Å²) in [7, 11) is 0. The van der Waals surface area contributed by atoms with Crippen molar-refractivity contribution >= 4 is 33.0 Å². The number of rotatable bonds is 1. The number of hydrogen-bond donors (Lipinski definition) is 0. The third-order valence-electron chi connectivity index (χ3n) is 2.83. The Morgan fingerprint density at radius 1 is 1.22 bits per heavy atom. The standard InChI is InChI=1S/C14H10BrClN2/c1-9-3-2-4-10(7-9)14-17-13(15)12-6-5-11(16)8-18(12)14/h2-8H,1H3. The van der Waals surface area contributed by atoms with E-state index in [0.717, 1.165) is 21.5 Å². The minimum atomic E-state index is 0.696. The molecule has 0 aliphatic heterocycles. The summed E-state index contributed by atoms with van der Waals surface area (Å²) < 4.78 is 2.83. The van der Waals surface area contributed by atoms with E-state index < -0.39 is 0 Å². The minimum Gasteiger partial charge on any atom is -0.297 e. The van der Waals surface area contributed by atoms with E-state index in [1.54, 1.807) is 0 Å². The van der Waals surface area contributed by atoms with E-state index in [-0.39, 0.29) is 0 Å². The fraction of sp³-hybridized carbons (Fsp3) is 0.0714. The molecule has 0 radical (unpaired) electrons. The Balaban J connectivity index is 2.32. The van der Waals surface area contributed by atoms with Gasteiger partial charge in [0.1, 0.15) is 10.4 Å². The summed E-state index contributed by atoms with van der Waals surface area (Å²) in [6.07, 6.45) is 1.88. The molecule has 3 aromatic rings. The molecular weight excluding hydrogens is 312 g/mol. The van der Waals surface area contributed by atoms with Crippen molar-refractivity contribution in [2.75, 3.05) is 0 Å². The van der Waals surface area contributed by atoms with Crippen molar-refractivity contribution in [3.8, 4) is 11.4 Å². The van der Waals surface area contributed by atoms with Gasteiger partial charge in [0.2, 0.25) is 0 Å². The van der Waals surface area contributed by atoms with E-state index in [1.165, 1.54) is 5.56 Å². The van der Waals surface area contributed by atoms with Crippen LogP contribution < -0.4 is 0 Å². The third-order valence-corrected chi connectivity index (χ3v) is 3.64. The molecular formula is C14H10BrClN2. The van der Waals surface area contributed by atoms with Crippen molar-refractivity contribution in [3.63, 3.8) is 0 Å². The molecule has 2 heterocycles. The van der Waals surface area contributed by atoms with E-state index in [4.69, 9.17) is 11.6 Å². The number of aromatic nitrogens is 2. The van der Waals surface area contributed by atoms with Gasteiger partial charge in [0.25, 0.3) is 0 Å². The molecule has 18 heavy (non-hydrogen) atoms. The Bertz CT molecular complexity index is 734. The highest BCUT2D eigenvalue weighted by Gasteiger charge is 2.11. The minimum absolute atomic E-state index is 0.696. The van der Waals surface area contributed by atoms with Gasteiger partial charge in [-0.05, 0) is 41.1 Å². The highest BCUT2D eigenvalue weighted by atomic mass is 79.9. The second kappa shape index (κ2) is 4.41.